The average Bonchev–Trinajstić information content (AvgIpc) is 3.22. The van der Waals surface area contributed by atoms with Gasteiger partial charge in [0.05, 0.1) is 29.0 Å². The van der Waals surface area contributed by atoms with E-state index >= 15 is 0 Å². The topological polar surface area (TPSA) is 58.4 Å². The molecule has 3 heterocycles. The fraction of sp³-hybridized carbons (Fsp3) is 0.500. The summed E-state index contributed by atoms with van der Waals surface area (Å²) in [5, 5.41) is 0. The number of carbonyl (C=O) groups excluding carboxylic acids is 2. The first-order chi connectivity index (χ1) is 12.2. The molecule has 0 spiro atoms. The van der Waals surface area contributed by atoms with E-state index in [0.717, 1.165) is 43.5 Å². The van der Waals surface area contributed by atoms with Crippen LogP contribution in [0, 0.1) is 5.92 Å². The number of benzene rings is 1. The summed E-state index contributed by atoms with van der Waals surface area (Å²) in [5.74, 6) is 1.73. The summed E-state index contributed by atoms with van der Waals surface area (Å²) >= 11 is 1.58. The maximum atomic E-state index is 12.6. The molecule has 1 aromatic carbocycles. The molecule has 1 unspecified atom stereocenters. The van der Waals surface area contributed by atoms with Gasteiger partial charge in [-0.15, -0.1) is 11.8 Å². The molecule has 2 amide bonds. The van der Waals surface area contributed by atoms with Crippen LogP contribution in [0.4, 0.5) is 0 Å². The van der Waals surface area contributed by atoms with E-state index in [0.29, 0.717) is 17.5 Å². The number of rotatable bonds is 4. The van der Waals surface area contributed by atoms with Crippen molar-refractivity contribution in [2.75, 3.05) is 31.3 Å². The molecule has 2 aliphatic rings. The minimum absolute atomic E-state index is 0.0797. The highest BCUT2D eigenvalue weighted by atomic mass is 32.2. The van der Waals surface area contributed by atoms with Crippen molar-refractivity contribution in [2.24, 2.45) is 5.92 Å². The lowest BCUT2D eigenvalue weighted by atomic mass is 9.97. The SMILES string of the molecule is O=C1CSCN1CC(=O)N1CCCC(Cn2cnc3ccccc32)C1. The highest BCUT2D eigenvalue weighted by Gasteiger charge is 2.28. The Morgan fingerprint density at radius 3 is 3.04 bits per heavy atom. The smallest absolute Gasteiger partial charge is 0.242 e. The fourth-order valence-electron chi connectivity index (χ4n) is 3.68. The van der Waals surface area contributed by atoms with Gasteiger partial charge in [-0.1, -0.05) is 12.1 Å². The number of piperidine rings is 1. The average molecular weight is 358 g/mol. The van der Waals surface area contributed by atoms with E-state index in [1.807, 2.05) is 29.4 Å². The Bertz CT molecular complexity index is 790. The number of fused-ring (bicyclic) bond motifs is 1. The minimum Gasteiger partial charge on any atom is -0.341 e. The van der Waals surface area contributed by atoms with Gasteiger partial charge in [0.25, 0.3) is 0 Å². The van der Waals surface area contributed by atoms with Gasteiger partial charge in [0.1, 0.15) is 6.54 Å². The third kappa shape index (κ3) is 3.51. The third-order valence-electron chi connectivity index (χ3n) is 5.01. The Hall–Kier alpha value is -2.02. The first-order valence-electron chi connectivity index (χ1n) is 8.74. The molecular weight excluding hydrogens is 336 g/mol. The van der Waals surface area contributed by atoms with Crippen LogP contribution in [0.25, 0.3) is 11.0 Å². The van der Waals surface area contributed by atoms with E-state index in [1.54, 1.807) is 16.7 Å². The van der Waals surface area contributed by atoms with Crippen molar-refractivity contribution in [3.05, 3.63) is 30.6 Å². The summed E-state index contributed by atoms with van der Waals surface area (Å²) in [7, 11) is 0. The van der Waals surface area contributed by atoms with E-state index in [1.165, 1.54) is 0 Å². The molecule has 4 rings (SSSR count). The molecule has 1 aromatic heterocycles. The van der Waals surface area contributed by atoms with Crippen LogP contribution in [0.1, 0.15) is 12.8 Å². The Morgan fingerprint density at radius 1 is 1.32 bits per heavy atom. The van der Waals surface area contributed by atoms with Gasteiger partial charge in [-0.3, -0.25) is 9.59 Å². The first-order valence-corrected chi connectivity index (χ1v) is 9.89. The molecule has 0 N–H and O–H groups in total. The van der Waals surface area contributed by atoms with Crippen LogP contribution in [0.5, 0.6) is 0 Å². The van der Waals surface area contributed by atoms with Crippen molar-refractivity contribution < 1.29 is 9.59 Å². The summed E-state index contributed by atoms with van der Waals surface area (Å²) in [4.78, 5) is 32.3. The van der Waals surface area contributed by atoms with Crippen molar-refractivity contribution in [3.8, 4) is 0 Å². The van der Waals surface area contributed by atoms with Crippen molar-refractivity contribution >= 4 is 34.6 Å². The molecule has 2 aliphatic heterocycles. The number of nitrogens with zero attached hydrogens (tertiary/aromatic N) is 4. The molecule has 0 saturated carbocycles. The second kappa shape index (κ2) is 7.07. The molecule has 2 aromatic rings. The molecule has 0 bridgehead atoms. The Kier molecular flexibility index (Phi) is 4.65. The van der Waals surface area contributed by atoms with E-state index in [2.05, 4.69) is 15.6 Å². The molecular formula is C18H22N4O2S. The number of likely N-dealkylation sites (tertiary alicyclic amines) is 1. The van der Waals surface area contributed by atoms with Crippen LogP contribution in [-0.4, -0.2) is 62.4 Å². The molecule has 7 heteroatoms. The normalized spacial score (nSPS) is 21.3. The predicted molar refractivity (Wildman–Crippen MR) is 98.1 cm³/mol. The third-order valence-corrected chi connectivity index (χ3v) is 5.95. The number of carbonyl (C=O) groups is 2. The molecule has 1 atom stereocenters. The lowest BCUT2D eigenvalue weighted by Crippen LogP contribution is -2.46. The molecule has 2 fully saturated rings. The van der Waals surface area contributed by atoms with Crippen molar-refractivity contribution in [1.82, 2.24) is 19.4 Å². The molecule has 0 radical (unpaired) electrons. The molecule has 2 saturated heterocycles. The van der Waals surface area contributed by atoms with Gasteiger partial charge < -0.3 is 14.4 Å². The fourth-order valence-corrected chi connectivity index (χ4v) is 4.58. The largest absolute Gasteiger partial charge is 0.341 e. The van der Waals surface area contributed by atoms with Crippen LogP contribution in [0.2, 0.25) is 0 Å². The highest BCUT2D eigenvalue weighted by molar-refractivity contribution is 8.00. The summed E-state index contributed by atoms with van der Waals surface area (Å²) in [6.07, 6.45) is 4.03. The number of hydrogen-bond acceptors (Lipinski definition) is 4. The molecule has 6 nitrogen and oxygen atoms in total. The Balaban J connectivity index is 1.39. The molecule has 0 aliphatic carbocycles. The lowest BCUT2D eigenvalue weighted by molar-refractivity contribution is -0.139. The Morgan fingerprint density at radius 2 is 2.20 bits per heavy atom. The van der Waals surface area contributed by atoms with Gasteiger partial charge >= 0.3 is 0 Å². The second-order valence-electron chi connectivity index (χ2n) is 6.80. The lowest BCUT2D eigenvalue weighted by Gasteiger charge is -2.34. The van der Waals surface area contributed by atoms with E-state index in [-0.39, 0.29) is 18.4 Å². The highest BCUT2D eigenvalue weighted by Crippen LogP contribution is 2.22. The summed E-state index contributed by atoms with van der Waals surface area (Å²) in [6.45, 7) is 2.67. The second-order valence-corrected chi connectivity index (χ2v) is 7.76. The number of aromatic nitrogens is 2. The Labute approximate surface area is 151 Å². The number of para-hydroxylation sites is 2. The van der Waals surface area contributed by atoms with Crippen LogP contribution in [0.15, 0.2) is 30.6 Å². The monoisotopic (exact) mass is 358 g/mol. The van der Waals surface area contributed by atoms with Crippen LogP contribution < -0.4 is 0 Å². The van der Waals surface area contributed by atoms with Gasteiger partial charge in [0, 0.05) is 19.6 Å². The van der Waals surface area contributed by atoms with E-state index < -0.39 is 0 Å². The van der Waals surface area contributed by atoms with Gasteiger partial charge in [-0.05, 0) is 30.9 Å². The van der Waals surface area contributed by atoms with Gasteiger partial charge in [0.15, 0.2) is 0 Å². The number of thioether (sulfide) groups is 1. The maximum absolute atomic E-state index is 12.6. The standard InChI is InChI=1S/C18H22N4O2S/c23-17(10-22-13-25-11-18(22)24)20-7-3-4-14(8-20)9-21-12-19-15-5-1-2-6-16(15)21/h1-2,5-6,12,14H,3-4,7-11,13H2. The number of hydrogen-bond donors (Lipinski definition) is 0. The van der Waals surface area contributed by atoms with Gasteiger partial charge in [-0.2, -0.15) is 0 Å². The van der Waals surface area contributed by atoms with E-state index in [9.17, 15) is 9.59 Å². The first kappa shape index (κ1) is 16.4. The maximum Gasteiger partial charge on any atom is 0.242 e. The van der Waals surface area contributed by atoms with Crippen LogP contribution >= 0.6 is 11.8 Å². The summed E-state index contributed by atoms with van der Waals surface area (Å²) in [6, 6.07) is 8.14. The number of imidazole rings is 1. The zero-order valence-electron chi connectivity index (χ0n) is 14.1. The van der Waals surface area contributed by atoms with Crippen LogP contribution in [-0.2, 0) is 16.1 Å². The summed E-state index contributed by atoms with van der Waals surface area (Å²) < 4.78 is 2.19. The molecule has 132 valence electrons. The number of amides is 2. The van der Waals surface area contributed by atoms with Crippen molar-refractivity contribution in [3.63, 3.8) is 0 Å². The van der Waals surface area contributed by atoms with Gasteiger partial charge in [-0.25, -0.2) is 4.98 Å². The van der Waals surface area contributed by atoms with Gasteiger partial charge in [0.2, 0.25) is 11.8 Å². The molecule has 25 heavy (non-hydrogen) atoms. The zero-order valence-corrected chi connectivity index (χ0v) is 15.0. The predicted octanol–water partition coefficient (Wildman–Crippen LogP) is 1.81. The van der Waals surface area contributed by atoms with Crippen LogP contribution in [0.3, 0.4) is 0 Å². The minimum atomic E-state index is 0.0797. The van der Waals surface area contributed by atoms with Crippen molar-refractivity contribution in [2.45, 2.75) is 19.4 Å². The van der Waals surface area contributed by atoms with Crippen molar-refractivity contribution in [1.29, 1.82) is 0 Å². The summed E-state index contributed by atoms with van der Waals surface area (Å²) in [5.41, 5.74) is 2.15. The van der Waals surface area contributed by atoms with E-state index in [4.69, 9.17) is 0 Å². The zero-order chi connectivity index (χ0) is 17.2. The quantitative estimate of drug-likeness (QED) is 0.836.